The number of hydrogen-bond donors (Lipinski definition) is 1. The van der Waals surface area contributed by atoms with Gasteiger partial charge in [-0.1, -0.05) is 13.0 Å². The highest BCUT2D eigenvalue weighted by atomic mass is 19.1. The van der Waals surface area contributed by atoms with E-state index in [-0.39, 0.29) is 24.2 Å². The van der Waals surface area contributed by atoms with Crippen molar-refractivity contribution < 1.29 is 13.9 Å². The number of anilines is 1. The number of benzene rings is 1. The van der Waals surface area contributed by atoms with Crippen LogP contribution in [0.2, 0.25) is 0 Å². The van der Waals surface area contributed by atoms with Crippen molar-refractivity contribution in [1.82, 2.24) is 0 Å². The van der Waals surface area contributed by atoms with E-state index in [1.54, 1.807) is 12.1 Å². The number of halogens is 1. The fourth-order valence-corrected chi connectivity index (χ4v) is 1.40. The molecule has 0 aromatic heterocycles. The molecule has 1 N–H and O–H groups in total. The van der Waals surface area contributed by atoms with Gasteiger partial charge in [-0.3, -0.25) is 4.79 Å². The molecule has 0 saturated heterocycles. The number of rotatable bonds is 5. The maximum atomic E-state index is 12.9. The Hall–Kier alpha value is -1.58. The van der Waals surface area contributed by atoms with Crippen LogP contribution in [0.5, 0.6) is 0 Å². The molecule has 0 bridgehead atoms. The number of nitrogens with one attached hydrogen (secondary N) is 1. The average molecular weight is 225 g/mol. The summed E-state index contributed by atoms with van der Waals surface area (Å²) in [7, 11) is 1.36. The van der Waals surface area contributed by atoms with Gasteiger partial charge in [0.15, 0.2) is 0 Å². The number of carbonyl (C=O) groups is 1. The van der Waals surface area contributed by atoms with Crippen molar-refractivity contribution in [3.05, 3.63) is 30.1 Å². The number of hydrogen-bond acceptors (Lipinski definition) is 3. The summed E-state index contributed by atoms with van der Waals surface area (Å²) in [5.41, 5.74) is 0.677. The number of esters is 1. The van der Waals surface area contributed by atoms with Crippen molar-refractivity contribution in [1.29, 1.82) is 0 Å². The molecule has 0 saturated carbocycles. The zero-order chi connectivity index (χ0) is 12.0. The summed E-state index contributed by atoms with van der Waals surface area (Å²) >= 11 is 0. The van der Waals surface area contributed by atoms with E-state index >= 15 is 0 Å². The highest BCUT2D eigenvalue weighted by Crippen LogP contribution is 2.13. The van der Waals surface area contributed by atoms with Crippen LogP contribution in [0.15, 0.2) is 24.3 Å². The molecule has 0 fully saturated rings. The Balaban J connectivity index is 2.59. The van der Waals surface area contributed by atoms with Crippen molar-refractivity contribution in [2.24, 2.45) is 0 Å². The second kappa shape index (κ2) is 6.10. The van der Waals surface area contributed by atoms with Gasteiger partial charge in [0, 0.05) is 11.7 Å². The van der Waals surface area contributed by atoms with Crippen LogP contribution in [0, 0.1) is 5.82 Å². The Morgan fingerprint density at radius 3 is 2.88 bits per heavy atom. The summed E-state index contributed by atoms with van der Waals surface area (Å²) in [4.78, 5) is 11.1. The van der Waals surface area contributed by atoms with E-state index in [2.05, 4.69) is 10.1 Å². The standard InChI is InChI=1S/C12H16FNO2/c1-3-10(8-12(15)16-2)14-11-6-4-5-9(13)7-11/h4-7,10,14H,3,8H2,1-2H3. The van der Waals surface area contributed by atoms with E-state index in [1.165, 1.54) is 19.2 Å². The van der Waals surface area contributed by atoms with E-state index in [4.69, 9.17) is 0 Å². The monoisotopic (exact) mass is 225 g/mol. The molecule has 16 heavy (non-hydrogen) atoms. The quantitative estimate of drug-likeness (QED) is 0.783. The number of methoxy groups -OCH3 is 1. The highest BCUT2D eigenvalue weighted by Gasteiger charge is 2.12. The van der Waals surface area contributed by atoms with Gasteiger partial charge >= 0.3 is 5.97 Å². The summed E-state index contributed by atoms with van der Waals surface area (Å²) in [6.07, 6.45) is 1.05. The van der Waals surface area contributed by atoms with Crippen LogP contribution >= 0.6 is 0 Å². The third kappa shape index (κ3) is 3.88. The molecule has 0 amide bonds. The molecule has 0 aliphatic rings. The lowest BCUT2D eigenvalue weighted by Crippen LogP contribution is -2.23. The first-order valence-corrected chi connectivity index (χ1v) is 5.24. The lowest BCUT2D eigenvalue weighted by atomic mass is 10.1. The Kier molecular flexibility index (Phi) is 4.76. The maximum Gasteiger partial charge on any atom is 0.307 e. The minimum atomic E-state index is -0.294. The second-order valence-corrected chi connectivity index (χ2v) is 3.54. The van der Waals surface area contributed by atoms with E-state index in [1.807, 2.05) is 6.92 Å². The van der Waals surface area contributed by atoms with Gasteiger partial charge in [0.1, 0.15) is 5.82 Å². The molecule has 3 nitrogen and oxygen atoms in total. The van der Waals surface area contributed by atoms with Gasteiger partial charge in [0.2, 0.25) is 0 Å². The molecule has 1 atom stereocenters. The summed E-state index contributed by atoms with van der Waals surface area (Å²) in [5, 5.41) is 3.09. The predicted octanol–water partition coefficient (Wildman–Crippen LogP) is 2.58. The normalized spacial score (nSPS) is 11.9. The zero-order valence-corrected chi connectivity index (χ0v) is 9.50. The van der Waals surface area contributed by atoms with Crippen LogP contribution in [-0.4, -0.2) is 19.1 Å². The molecular formula is C12H16FNO2. The minimum Gasteiger partial charge on any atom is -0.469 e. The van der Waals surface area contributed by atoms with Crippen molar-refractivity contribution in [3.63, 3.8) is 0 Å². The minimum absolute atomic E-state index is 0.0331. The van der Waals surface area contributed by atoms with Crippen molar-refractivity contribution in [2.45, 2.75) is 25.8 Å². The lowest BCUT2D eigenvalue weighted by Gasteiger charge is -2.16. The molecule has 0 radical (unpaired) electrons. The van der Waals surface area contributed by atoms with Gasteiger partial charge in [-0.25, -0.2) is 4.39 Å². The molecule has 0 heterocycles. The van der Waals surface area contributed by atoms with Crippen LogP contribution in [0.25, 0.3) is 0 Å². The summed E-state index contributed by atoms with van der Waals surface area (Å²) in [5.74, 6) is -0.561. The first-order chi connectivity index (χ1) is 7.65. The van der Waals surface area contributed by atoms with Crippen molar-refractivity contribution >= 4 is 11.7 Å². The van der Waals surface area contributed by atoms with Gasteiger partial charge in [-0.2, -0.15) is 0 Å². The van der Waals surface area contributed by atoms with Crippen LogP contribution in [0.1, 0.15) is 19.8 Å². The van der Waals surface area contributed by atoms with Gasteiger partial charge in [-0.15, -0.1) is 0 Å². The van der Waals surface area contributed by atoms with Crippen LogP contribution in [0.3, 0.4) is 0 Å². The Labute approximate surface area is 94.6 Å². The van der Waals surface area contributed by atoms with Gasteiger partial charge in [0.05, 0.1) is 13.5 Å². The zero-order valence-electron chi connectivity index (χ0n) is 9.50. The highest BCUT2D eigenvalue weighted by molar-refractivity contribution is 5.70. The molecule has 1 aromatic rings. The first kappa shape index (κ1) is 12.5. The maximum absolute atomic E-state index is 12.9. The fourth-order valence-electron chi connectivity index (χ4n) is 1.40. The van der Waals surface area contributed by atoms with Gasteiger partial charge < -0.3 is 10.1 Å². The van der Waals surface area contributed by atoms with E-state index in [9.17, 15) is 9.18 Å². The predicted molar refractivity (Wildman–Crippen MR) is 60.7 cm³/mol. The second-order valence-electron chi connectivity index (χ2n) is 3.54. The van der Waals surface area contributed by atoms with Gasteiger partial charge in [-0.05, 0) is 24.6 Å². The van der Waals surface area contributed by atoms with E-state index < -0.39 is 0 Å². The molecule has 0 aliphatic heterocycles. The molecular weight excluding hydrogens is 209 g/mol. The number of carbonyl (C=O) groups excluding carboxylic acids is 1. The topological polar surface area (TPSA) is 38.3 Å². The molecule has 1 unspecified atom stereocenters. The SMILES string of the molecule is CCC(CC(=O)OC)Nc1cccc(F)c1. The molecule has 1 aromatic carbocycles. The lowest BCUT2D eigenvalue weighted by molar-refractivity contribution is -0.140. The first-order valence-electron chi connectivity index (χ1n) is 5.24. The average Bonchev–Trinajstić information content (AvgIpc) is 2.28. The molecule has 4 heteroatoms. The van der Waals surface area contributed by atoms with Crippen LogP contribution in [-0.2, 0) is 9.53 Å². The van der Waals surface area contributed by atoms with Crippen molar-refractivity contribution in [2.75, 3.05) is 12.4 Å². The van der Waals surface area contributed by atoms with E-state index in [0.717, 1.165) is 6.42 Å². The smallest absolute Gasteiger partial charge is 0.307 e. The third-order valence-corrected chi connectivity index (χ3v) is 2.33. The Bertz CT molecular complexity index is 355. The molecule has 0 aliphatic carbocycles. The third-order valence-electron chi connectivity index (χ3n) is 2.33. The Morgan fingerprint density at radius 1 is 1.56 bits per heavy atom. The van der Waals surface area contributed by atoms with Crippen molar-refractivity contribution in [3.8, 4) is 0 Å². The molecule has 1 rings (SSSR count). The summed E-state index contributed by atoms with van der Waals surface area (Å²) in [6.45, 7) is 1.96. The van der Waals surface area contributed by atoms with Gasteiger partial charge in [0.25, 0.3) is 0 Å². The number of ether oxygens (including phenoxy) is 1. The van der Waals surface area contributed by atoms with Crippen LogP contribution < -0.4 is 5.32 Å². The van der Waals surface area contributed by atoms with E-state index in [0.29, 0.717) is 5.69 Å². The summed E-state index contributed by atoms with van der Waals surface area (Å²) < 4.78 is 17.5. The largest absolute Gasteiger partial charge is 0.469 e. The Morgan fingerprint density at radius 2 is 2.31 bits per heavy atom. The molecule has 88 valence electrons. The fraction of sp³-hybridized carbons (Fsp3) is 0.417. The molecule has 0 spiro atoms. The summed E-state index contributed by atoms with van der Waals surface area (Å²) in [6, 6.07) is 6.15. The van der Waals surface area contributed by atoms with Crippen LogP contribution in [0.4, 0.5) is 10.1 Å².